The van der Waals surface area contributed by atoms with Crippen molar-refractivity contribution in [2.24, 2.45) is 0 Å². The number of nitrogens with zero attached hydrogens (tertiary/aromatic N) is 3. The predicted molar refractivity (Wildman–Crippen MR) is 84.8 cm³/mol. The molecule has 0 unspecified atom stereocenters. The molecule has 0 aliphatic carbocycles. The molecular formula is C16H19N5O. The lowest BCUT2D eigenvalue weighted by Gasteiger charge is -2.06. The maximum absolute atomic E-state index is 12.3. The number of hydrogen-bond donors (Lipinski definition) is 2. The molecule has 6 heteroatoms. The summed E-state index contributed by atoms with van der Waals surface area (Å²) in [4.78, 5) is 19.5. The van der Waals surface area contributed by atoms with Crippen LogP contribution in [0, 0.1) is 6.92 Å². The van der Waals surface area contributed by atoms with E-state index in [2.05, 4.69) is 34.2 Å². The Labute approximate surface area is 128 Å². The Balaban J connectivity index is 1.73. The molecule has 22 heavy (non-hydrogen) atoms. The van der Waals surface area contributed by atoms with Crippen LogP contribution in [-0.2, 0) is 13.0 Å². The summed E-state index contributed by atoms with van der Waals surface area (Å²) in [6, 6.07) is 5.78. The molecule has 0 radical (unpaired) electrons. The van der Waals surface area contributed by atoms with Crippen LogP contribution in [0.15, 0.2) is 30.9 Å². The van der Waals surface area contributed by atoms with Gasteiger partial charge in [0, 0.05) is 28.7 Å². The van der Waals surface area contributed by atoms with E-state index < -0.39 is 0 Å². The lowest BCUT2D eigenvalue weighted by molar-refractivity contribution is 0.0952. The van der Waals surface area contributed by atoms with Crippen LogP contribution in [0.3, 0.4) is 0 Å². The molecule has 0 bridgehead atoms. The highest BCUT2D eigenvalue weighted by Crippen LogP contribution is 2.23. The molecule has 0 fully saturated rings. The van der Waals surface area contributed by atoms with Gasteiger partial charge in [0.05, 0.1) is 6.54 Å². The quantitative estimate of drug-likeness (QED) is 0.757. The highest BCUT2D eigenvalue weighted by atomic mass is 16.1. The summed E-state index contributed by atoms with van der Waals surface area (Å²) in [6.45, 7) is 5.32. The van der Waals surface area contributed by atoms with Gasteiger partial charge in [0.2, 0.25) is 0 Å². The summed E-state index contributed by atoms with van der Waals surface area (Å²) in [7, 11) is 0. The molecule has 114 valence electrons. The maximum Gasteiger partial charge on any atom is 0.251 e. The maximum atomic E-state index is 12.3. The van der Waals surface area contributed by atoms with Gasteiger partial charge in [0.1, 0.15) is 12.7 Å². The van der Waals surface area contributed by atoms with Gasteiger partial charge in [-0.05, 0) is 37.1 Å². The van der Waals surface area contributed by atoms with E-state index >= 15 is 0 Å². The van der Waals surface area contributed by atoms with Crippen LogP contribution < -0.4 is 5.32 Å². The average molecular weight is 297 g/mol. The molecule has 2 aromatic heterocycles. The number of aromatic amines is 1. The van der Waals surface area contributed by atoms with Gasteiger partial charge in [-0.25, -0.2) is 4.98 Å². The minimum absolute atomic E-state index is 0.0667. The minimum atomic E-state index is -0.0667. The molecule has 3 rings (SSSR count). The van der Waals surface area contributed by atoms with Gasteiger partial charge in [-0.2, -0.15) is 5.10 Å². The molecule has 0 saturated carbocycles. The van der Waals surface area contributed by atoms with Crippen molar-refractivity contribution in [3.63, 3.8) is 0 Å². The molecule has 0 saturated heterocycles. The third-order valence-corrected chi connectivity index (χ3v) is 3.83. The van der Waals surface area contributed by atoms with Crippen LogP contribution in [0.5, 0.6) is 0 Å². The lowest BCUT2D eigenvalue weighted by Crippen LogP contribution is -2.27. The number of carbonyl (C=O) groups excluding carboxylic acids is 1. The van der Waals surface area contributed by atoms with Gasteiger partial charge in [0.15, 0.2) is 0 Å². The van der Waals surface area contributed by atoms with E-state index in [-0.39, 0.29) is 5.91 Å². The highest BCUT2D eigenvalue weighted by Gasteiger charge is 2.11. The Kier molecular flexibility index (Phi) is 3.91. The van der Waals surface area contributed by atoms with E-state index in [0.717, 1.165) is 17.3 Å². The van der Waals surface area contributed by atoms with Gasteiger partial charge >= 0.3 is 0 Å². The second-order valence-corrected chi connectivity index (χ2v) is 5.26. The van der Waals surface area contributed by atoms with Gasteiger partial charge in [-0.1, -0.05) is 6.92 Å². The van der Waals surface area contributed by atoms with Crippen LogP contribution in [-0.4, -0.2) is 32.2 Å². The minimum Gasteiger partial charge on any atom is -0.358 e. The Morgan fingerprint density at radius 3 is 3.00 bits per heavy atom. The lowest BCUT2D eigenvalue weighted by atomic mass is 10.1. The number of rotatable bonds is 5. The smallest absolute Gasteiger partial charge is 0.251 e. The SMILES string of the molecule is CCc1c(C)[nH]c2ccc(C(=O)NCCn3cncn3)cc12. The van der Waals surface area contributed by atoms with E-state index in [1.807, 2.05) is 18.2 Å². The topological polar surface area (TPSA) is 75.6 Å². The third-order valence-electron chi connectivity index (χ3n) is 3.83. The molecule has 0 atom stereocenters. The van der Waals surface area contributed by atoms with E-state index in [0.29, 0.717) is 18.7 Å². The second kappa shape index (κ2) is 6.01. The van der Waals surface area contributed by atoms with Crippen LogP contribution in [0.25, 0.3) is 10.9 Å². The number of fused-ring (bicyclic) bond motifs is 1. The molecule has 3 aromatic rings. The van der Waals surface area contributed by atoms with Crippen molar-refractivity contribution in [1.82, 2.24) is 25.1 Å². The zero-order valence-electron chi connectivity index (χ0n) is 12.8. The number of H-pyrrole nitrogens is 1. The van der Waals surface area contributed by atoms with Crippen LogP contribution in [0.1, 0.15) is 28.5 Å². The number of aromatic nitrogens is 4. The van der Waals surface area contributed by atoms with Crippen molar-refractivity contribution < 1.29 is 4.79 Å². The molecule has 0 aliphatic rings. The second-order valence-electron chi connectivity index (χ2n) is 5.26. The summed E-state index contributed by atoms with van der Waals surface area (Å²) in [5.41, 5.74) is 4.20. The summed E-state index contributed by atoms with van der Waals surface area (Å²) in [5, 5.41) is 8.04. The zero-order valence-corrected chi connectivity index (χ0v) is 12.8. The van der Waals surface area contributed by atoms with E-state index in [1.54, 1.807) is 11.0 Å². The summed E-state index contributed by atoms with van der Waals surface area (Å²) >= 11 is 0. The summed E-state index contributed by atoms with van der Waals surface area (Å²) in [6.07, 6.45) is 4.06. The molecule has 1 amide bonds. The number of aryl methyl sites for hydroxylation is 2. The van der Waals surface area contributed by atoms with Gasteiger partial charge < -0.3 is 10.3 Å². The zero-order chi connectivity index (χ0) is 15.5. The van der Waals surface area contributed by atoms with Crippen molar-refractivity contribution in [3.8, 4) is 0 Å². The fourth-order valence-electron chi connectivity index (χ4n) is 2.71. The van der Waals surface area contributed by atoms with E-state index in [4.69, 9.17) is 0 Å². The van der Waals surface area contributed by atoms with Crippen molar-refractivity contribution in [2.75, 3.05) is 6.54 Å². The van der Waals surface area contributed by atoms with Gasteiger partial charge in [-0.15, -0.1) is 0 Å². The Bertz CT molecular complexity index is 788. The summed E-state index contributed by atoms with van der Waals surface area (Å²) < 4.78 is 1.69. The Morgan fingerprint density at radius 1 is 1.41 bits per heavy atom. The predicted octanol–water partition coefficient (Wildman–Crippen LogP) is 2.06. The molecule has 0 spiro atoms. The summed E-state index contributed by atoms with van der Waals surface area (Å²) in [5.74, 6) is -0.0667. The van der Waals surface area contributed by atoms with Crippen molar-refractivity contribution in [2.45, 2.75) is 26.8 Å². The van der Waals surface area contributed by atoms with Gasteiger partial charge in [-0.3, -0.25) is 9.48 Å². The molecule has 2 heterocycles. The number of benzene rings is 1. The average Bonchev–Trinajstić information content (AvgIpc) is 3.12. The van der Waals surface area contributed by atoms with Gasteiger partial charge in [0.25, 0.3) is 5.91 Å². The first-order valence-corrected chi connectivity index (χ1v) is 7.41. The van der Waals surface area contributed by atoms with Crippen LogP contribution in [0.4, 0.5) is 0 Å². The first-order chi connectivity index (χ1) is 10.7. The number of carbonyl (C=O) groups is 1. The number of nitrogens with one attached hydrogen (secondary N) is 2. The molecule has 1 aromatic carbocycles. The normalized spacial score (nSPS) is 11.0. The van der Waals surface area contributed by atoms with Crippen molar-refractivity contribution in [1.29, 1.82) is 0 Å². The molecule has 0 aliphatic heterocycles. The third kappa shape index (κ3) is 2.72. The molecule has 2 N–H and O–H groups in total. The fourth-order valence-corrected chi connectivity index (χ4v) is 2.71. The van der Waals surface area contributed by atoms with Crippen molar-refractivity contribution in [3.05, 3.63) is 47.7 Å². The number of amides is 1. The molecule has 6 nitrogen and oxygen atoms in total. The number of hydrogen-bond acceptors (Lipinski definition) is 3. The van der Waals surface area contributed by atoms with Crippen LogP contribution in [0.2, 0.25) is 0 Å². The fraction of sp³-hybridized carbons (Fsp3) is 0.312. The standard InChI is InChI=1S/C16H19N5O/c1-3-13-11(2)20-15-5-4-12(8-14(13)15)16(22)18-6-7-21-10-17-9-19-21/h4-5,8-10,20H,3,6-7H2,1-2H3,(H,18,22). The molecular weight excluding hydrogens is 278 g/mol. The largest absolute Gasteiger partial charge is 0.358 e. The van der Waals surface area contributed by atoms with Crippen LogP contribution >= 0.6 is 0 Å². The first kappa shape index (κ1) is 14.3. The van der Waals surface area contributed by atoms with E-state index in [9.17, 15) is 4.79 Å². The van der Waals surface area contributed by atoms with Crippen molar-refractivity contribution >= 4 is 16.8 Å². The Hall–Kier alpha value is -2.63. The first-order valence-electron chi connectivity index (χ1n) is 7.41. The van der Waals surface area contributed by atoms with E-state index in [1.165, 1.54) is 17.6 Å². The Morgan fingerprint density at radius 2 is 2.27 bits per heavy atom. The monoisotopic (exact) mass is 297 g/mol. The highest BCUT2D eigenvalue weighted by molar-refractivity contribution is 5.99.